The van der Waals surface area contributed by atoms with E-state index in [1.807, 2.05) is 49.5 Å². The van der Waals surface area contributed by atoms with Gasteiger partial charge in [0.15, 0.2) is 0 Å². The van der Waals surface area contributed by atoms with Crippen molar-refractivity contribution in [1.29, 1.82) is 0 Å². The molecular formula is C18H17FN2. The fourth-order valence-corrected chi connectivity index (χ4v) is 2.56. The Morgan fingerprint density at radius 1 is 1.00 bits per heavy atom. The van der Waals surface area contributed by atoms with Gasteiger partial charge in [-0.15, -0.1) is 0 Å². The molecule has 0 fully saturated rings. The van der Waals surface area contributed by atoms with Gasteiger partial charge in [0.1, 0.15) is 5.82 Å². The molecule has 1 atom stereocenters. The Kier molecular flexibility index (Phi) is 3.93. The number of pyridine rings is 1. The van der Waals surface area contributed by atoms with Crippen molar-refractivity contribution >= 4 is 10.9 Å². The number of nitrogens with one attached hydrogen (secondary N) is 1. The van der Waals surface area contributed by atoms with E-state index in [1.54, 1.807) is 6.07 Å². The van der Waals surface area contributed by atoms with Gasteiger partial charge in [0.25, 0.3) is 0 Å². The second-order valence-corrected chi connectivity index (χ2v) is 5.06. The number of hydrogen-bond donors (Lipinski definition) is 1. The van der Waals surface area contributed by atoms with Crippen LogP contribution in [0.4, 0.5) is 4.39 Å². The molecule has 0 saturated carbocycles. The first kappa shape index (κ1) is 13.7. The molecule has 0 radical (unpaired) electrons. The minimum absolute atomic E-state index is 0.0835. The van der Waals surface area contributed by atoms with Crippen LogP contribution in [0.3, 0.4) is 0 Å². The van der Waals surface area contributed by atoms with Crippen molar-refractivity contribution in [3.63, 3.8) is 0 Å². The van der Waals surface area contributed by atoms with Gasteiger partial charge in [0.05, 0.1) is 5.52 Å². The normalized spacial score (nSPS) is 12.5. The molecule has 106 valence electrons. The van der Waals surface area contributed by atoms with Crippen molar-refractivity contribution in [3.05, 3.63) is 77.7 Å². The Balaban J connectivity index is 1.90. The quantitative estimate of drug-likeness (QED) is 0.784. The van der Waals surface area contributed by atoms with E-state index in [-0.39, 0.29) is 11.9 Å². The zero-order chi connectivity index (χ0) is 14.7. The topological polar surface area (TPSA) is 24.9 Å². The number of hydrogen-bond acceptors (Lipinski definition) is 2. The maximum absolute atomic E-state index is 13.9. The fourth-order valence-electron chi connectivity index (χ4n) is 2.56. The summed E-state index contributed by atoms with van der Waals surface area (Å²) >= 11 is 0. The zero-order valence-corrected chi connectivity index (χ0v) is 11.9. The standard InChI is InChI=1S/C18H17FN2/c1-20-18(15-7-3-4-8-16(15)19)12-14-11-10-13-6-2-5-9-17(13)21-14/h2-11,18,20H,12H2,1H3. The highest BCUT2D eigenvalue weighted by Gasteiger charge is 2.14. The second kappa shape index (κ2) is 6.02. The van der Waals surface area contributed by atoms with Crippen LogP contribution in [-0.2, 0) is 6.42 Å². The monoisotopic (exact) mass is 280 g/mol. The van der Waals surface area contributed by atoms with Gasteiger partial charge in [-0.2, -0.15) is 0 Å². The molecule has 1 heterocycles. The molecule has 3 heteroatoms. The van der Waals surface area contributed by atoms with Crippen molar-refractivity contribution in [3.8, 4) is 0 Å². The highest BCUT2D eigenvalue weighted by molar-refractivity contribution is 5.78. The number of likely N-dealkylation sites (N-methyl/N-ethyl adjacent to an activating group) is 1. The Morgan fingerprint density at radius 3 is 2.57 bits per heavy atom. The minimum Gasteiger partial charge on any atom is -0.313 e. The van der Waals surface area contributed by atoms with Gasteiger partial charge in [-0.1, -0.05) is 42.5 Å². The molecule has 3 aromatic rings. The molecule has 2 nitrogen and oxygen atoms in total. The summed E-state index contributed by atoms with van der Waals surface area (Å²) in [5.74, 6) is -0.183. The van der Waals surface area contributed by atoms with Gasteiger partial charge >= 0.3 is 0 Å². The molecule has 0 amide bonds. The Labute approximate surface area is 123 Å². The lowest BCUT2D eigenvalue weighted by Crippen LogP contribution is -2.20. The molecule has 3 rings (SSSR count). The molecule has 0 aliphatic heterocycles. The molecule has 0 saturated heterocycles. The Bertz CT molecular complexity index is 755. The number of halogens is 1. The van der Waals surface area contributed by atoms with E-state index >= 15 is 0 Å². The first-order valence-electron chi connectivity index (χ1n) is 7.04. The molecule has 0 aliphatic rings. The summed E-state index contributed by atoms with van der Waals surface area (Å²) in [4.78, 5) is 4.66. The molecule has 1 aromatic heterocycles. The van der Waals surface area contributed by atoms with Crippen LogP contribution in [0.25, 0.3) is 10.9 Å². The van der Waals surface area contributed by atoms with E-state index in [2.05, 4.69) is 16.4 Å². The lowest BCUT2D eigenvalue weighted by atomic mass is 10.0. The summed E-state index contributed by atoms with van der Waals surface area (Å²) in [6.45, 7) is 0. The molecular weight excluding hydrogens is 263 g/mol. The summed E-state index contributed by atoms with van der Waals surface area (Å²) in [6.07, 6.45) is 0.655. The zero-order valence-electron chi connectivity index (χ0n) is 11.9. The van der Waals surface area contributed by atoms with Crippen LogP contribution in [0.1, 0.15) is 17.3 Å². The van der Waals surface area contributed by atoms with Gasteiger partial charge in [-0.05, 0) is 25.2 Å². The summed E-state index contributed by atoms with van der Waals surface area (Å²) in [5.41, 5.74) is 2.60. The molecule has 1 unspecified atom stereocenters. The third-order valence-electron chi connectivity index (χ3n) is 3.70. The minimum atomic E-state index is -0.183. The maximum Gasteiger partial charge on any atom is 0.127 e. The van der Waals surface area contributed by atoms with E-state index in [0.717, 1.165) is 16.6 Å². The average Bonchev–Trinajstić information content (AvgIpc) is 2.53. The predicted octanol–water partition coefficient (Wildman–Crippen LogP) is 3.88. The molecule has 2 aromatic carbocycles. The first-order chi connectivity index (χ1) is 10.3. The van der Waals surface area contributed by atoms with E-state index in [9.17, 15) is 4.39 Å². The smallest absolute Gasteiger partial charge is 0.127 e. The second-order valence-electron chi connectivity index (χ2n) is 5.06. The van der Waals surface area contributed by atoms with Gasteiger partial charge in [-0.25, -0.2) is 4.39 Å². The van der Waals surface area contributed by atoms with Crippen LogP contribution in [-0.4, -0.2) is 12.0 Å². The summed E-state index contributed by atoms with van der Waals surface area (Å²) in [7, 11) is 1.85. The first-order valence-corrected chi connectivity index (χ1v) is 7.04. The predicted molar refractivity (Wildman–Crippen MR) is 83.6 cm³/mol. The highest BCUT2D eigenvalue weighted by atomic mass is 19.1. The van der Waals surface area contributed by atoms with Crippen LogP contribution < -0.4 is 5.32 Å². The summed E-state index contributed by atoms with van der Waals surface area (Å²) in [6, 6.07) is 18.9. The van der Waals surface area contributed by atoms with E-state index in [4.69, 9.17) is 0 Å². The molecule has 0 spiro atoms. The number of nitrogens with zero attached hydrogens (tertiary/aromatic N) is 1. The van der Waals surface area contributed by atoms with Crippen LogP contribution in [0.15, 0.2) is 60.7 Å². The van der Waals surface area contributed by atoms with Crippen molar-refractivity contribution < 1.29 is 4.39 Å². The summed E-state index contributed by atoms with van der Waals surface area (Å²) < 4.78 is 13.9. The van der Waals surface area contributed by atoms with Crippen LogP contribution >= 0.6 is 0 Å². The van der Waals surface area contributed by atoms with Crippen LogP contribution in [0, 0.1) is 5.82 Å². The van der Waals surface area contributed by atoms with Crippen LogP contribution in [0.2, 0.25) is 0 Å². The third-order valence-corrected chi connectivity index (χ3v) is 3.70. The number of aromatic nitrogens is 1. The number of rotatable bonds is 4. The number of para-hydroxylation sites is 1. The van der Waals surface area contributed by atoms with Crippen LogP contribution in [0.5, 0.6) is 0 Å². The highest BCUT2D eigenvalue weighted by Crippen LogP contribution is 2.21. The largest absolute Gasteiger partial charge is 0.313 e. The van der Waals surface area contributed by atoms with Crippen molar-refractivity contribution in [2.24, 2.45) is 0 Å². The maximum atomic E-state index is 13.9. The molecule has 1 N–H and O–H groups in total. The molecule has 21 heavy (non-hydrogen) atoms. The Hall–Kier alpha value is -2.26. The van der Waals surface area contributed by atoms with Crippen molar-refractivity contribution in [2.75, 3.05) is 7.05 Å². The van der Waals surface area contributed by atoms with Gasteiger partial charge in [-0.3, -0.25) is 4.98 Å². The van der Waals surface area contributed by atoms with E-state index in [1.165, 1.54) is 6.07 Å². The van der Waals surface area contributed by atoms with E-state index in [0.29, 0.717) is 12.0 Å². The lowest BCUT2D eigenvalue weighted by Gasteiger charge is -2.17. The van der Waals surface area contributed by atoms with Crippen molar-refractivity contribution in [2.45, 2.75) is 12.5 Å². The SMILES string of the molecule is CNC(Cc1ccc2ccccc2n1)c1ccccc1F. The van der Waals surface area contributed by atoms with Gasteiger partial charge in [0.2, 0.25) is 0 Å². The third kappa shape index (κ3) is 2.93. The van der Waals surface area contributed by atoms with Crippen molar-refractivity contribution in [1.82, 2.24) is 10.3 Å². The lowest BCUT2D eigenvalue weighted by molar-refractivity contribution is 0.530. The molecule has 0 aliphatic carbocycles. The van der Waals surface area contributed by atoms with E-state index < -0.39 is 0 Å². The van der Waals surface area contributed by atoms with Gasteiger partial charge < -0.3 is 5.32 Å². The van der Waals surface area contributed by atoms with Gasteiger partial charge in [0, 0.05) is 29.1 Å². The number of benzene rings is 2. The summed E-state index contributed by atoms with van der Waals surface area (Å²) in [5, 5.41) is 4.29. The Morgan fingerprint density at radius 2 is 1.76 bits per heavy atom. The number of fused-ring (bicyclic) bond motifs is 1. The average molecular weight is 280 g/mol. The fraction of sp³-hybridized carbons (Fsp3) is 0.167. The molecule has 0 bridgehead atoms.